The number of allylic oxidation sites excluding steroid dienone is 1. The molecule has 148 valence electrons. The smallest absolute Gasteiger partial charge is 0.250 e. The summed E-state index contributed by atoms with van der Waals surface area (Å²) in [5, 5.41) is 10.6. The third-order valence-corrected chi connectivity index (χ3v) is 8.52. The van der Waals surface area contributed by atoms with Gasteiger partial charge in [-0.2, -0.15) is 0 Å². The summed E-state index contributed by atoms with van der Waals surface area (Å²) in [6.45, 7) is 5.36. The lowest BCUT2D eigenvalue weighted by atomic mass is 9.46. The molecule has 0 aromatic heterocycles. The molecule has 0 saturated heterocycles. The summed E-state index contributed by atoms with van der Waals surface area (Å²) in [5.74, 6) is -0.0391. The summed E-state index contributed by atoms with van der Waals surface area (Å²) < 4.78 is 15.2. The maximum Gasteiger partial charge on any atom is 0.250 e. The molecule has 3 saturated carbocycles. The highest BCUT2D eigenvalue weighted by molar-refractivity contribution is 5.22. The van der Waals surface area contributed by atoms with Crippen LogP contribution in [0.4, 0.5) is 4.39 Å². The van der Waals surface area contributed by atoms with Crippen LogP contribution in [0.2, 0.25) is 0 Å². The number of halogens is 1. The minimum absolute atomic E-state index is 0.167. The lowest BCUT2D eigenvalue weighted by Gasteiger charge is -2.60. The molecule has 4 aliphatic rings. The first-order valence-electron chi connectivity index (χ1n) is 10.5. The molecule has 0 aromatic rings. The third kappa shape index (κ3) is 2.82. The van der Waals surface area contributed by atoms with Gasteiger partial charge in [-0.15, -0.1) is 0 Å². The molecule has 26 heavy (non-hydrogen) atoms. The number of aliphatic hydroxyl groups is 1. The van der Waals surface area contributed by atoms with Crippen LogP contribution < -0.4 is 11.2 Å². The van der Waals surface area contributed by atoms with E-state index in [1.54, 1.807) is 0 Å². The van der Waals surface area contributed by atoms with Crippen molar-refractivity contribution in [1.29, 1.82) is 0 Å². The number of nitrogens with one attached hydrogen (secondary N) is 1. The molecular weight excluding hydrogens is 331 g/mol. The Morgan fingerprint density at radius 1 is 1.23 bits per heavy atom. The van der Waals surface area contributed by atoms with Crippen molar-refractivity contribution in [2.75, 3.05) is 13.2 Å². The maximum atomic E-state index is 15.2. The molecule has 3 fully saturated rings. The lowest BCUT2D eigenvalue weighted by Crippen LogP contribution is -2.56. The second-order valence-electron chi connectivity index (χ2n) is 9.91. The second kappa shape index (κ2) is 6.46. The second-order valence-corrected chi connectivity index (χ2v) is 9.91. The average molecular weight is 367 g/mol. The lowest BCUT2D eigenvalue weighted by molar-refractivity contribution is -0.166. The van der Waals surface area contributed by atoms with Gasteiger partial charge in [0.1, 0.15) is 0 Å². The minimum atomic E-state index is -2.35. The molecule has 4 N–H and O–H groups in total. The molecule has 2 unspecified atom stereocenters. The number of hydroxylamine groups is 1. The van der Waals surface area contributed by atoms with Gasteiger partial charge in [-0.05, 0) is 73.0 Å². The number of nitrogens with two attached hydrogens (primary N) is 1. The van der Waals surface area contributed by atoms with Crippen LogP contribution in [0, 0.1) is 34.5 Å². The zero-order valence-corrected chi connectivity index (χ0v) is 16.3. The Bertz CT molecular complexity index is 580. The van der Waals surface area contributed by atoms with Gasteiger partial charge in [0.25, 0.3) is 0 Å². The predicted molar refractivity (Wildman–Crippen MR) is 99.4 cm³/mol. The third-order valence-electron chi connectivity index (χ3n) is 8.52. The Kier molecular flexibility index (Phi) is 4.64. The quantitative estimate of drug-likeness (QED) is 0.525. The van der Waals surface area contributed by atoms with E-state index in [0.717, 1.165) is 12.3 Å². The number of hydrogen-bond donors (Lipinski definition) is 3. The molecule has 0 radical (unpaired) electrons. The van der Waals surface area contributed by atoms with E-state index in [4.69, 9.17) is 10.6 Å². The van der Waals surface area contributed by atoms with Crippen molar-refractivity contribution in [1.82, 2.24) is 5.48 Å². The van der Waals surface area contributed by atoms with Crippen LogP contribution in [-0.4, -0.2) is 24.1 Å². The fourth-order valence-electron chi connectivity index (χ4n) is 7.24. The van der Waals surface area contributed by atoms with Crippen LogP contribution in [0.15, 0.2) is 11.8 Å². The number of alkyl halides is 1. The van der Waals surface area contributed by atoms with Crippen molar-refractivity contribution in [3.8, 4) is 0 Å². The molecular formula is C21H35FN2O2. The van der Waals surface area contributed by atoms with Crippen molar-refractivity contribution in [3.05, 3.63) is 11.8 Å². The molecule has 0 bridgehead atoms. The highest BCUT2D eigenvalue weighted by atomic mass is 19.2. The van der Waals surface area contributed by atoms with E-state index in [9.17, 15) is 5.11 Å². The maximum absolute atomic E-state index is 15.2. The molecule has 4 aliphatic carbocycles. The Morgan fingerprint density at radius 3 is 2.81 bits per heavy atom. The van der Waals surface area contributed by atoms with Gasteiger partial charge in [0.15, 0.2) is 0 Å². The van der Waals surface area contributed by atoms with Crippen LogP contribution in [0.25, 0.3) is 0 Å². The topological polar surface area (TPSA) is 67.5 Å². The van der Waals surface area contributed by atoms with Gasteiger partial charge in [0.2, 0.25) is 5.85 Å². The van der Waals surface area contributed by atoms with E-state index in [1.807, 2.05) is 6.08 Å². The molecule has 4 nitrogen and oxygen atoms in total. The van der Waals surface area contributed by atoms with Crippen LogP contribution in [0.1, 0.15) is 65.2 Å². The minimum Gasteiger partial charge on any atom is -0.357 e. The monoisotopic (exact) mass is 366 g/mol. The van der Waals surface area contributed by atoms with Gasteiger partial charge < -0.3 is 10.8 Å². The van der Waals surface area contributed by atoms with Crippen LogP contribution in [0.3, 0.4) is 0 Å². The molecule has 0 aliphatic heterocycles. The number of fused-ring (bicyclic) bond motifs is 5. The average Bonchev–Trinajstić information content (AvgIpc) is 2.96. The van der Waals surface area contributed by atoms with E-state index >= 15 is 4.39 Å². The zero-order valence-electron chi connectivity index (χ0n) is 16.3. The number of rotatable bonds is 4. The molecule has 0 aromatic carbocycles. The van der Waals surface area contributed by atoms with Crippen molar-refractivity contribution < 1.29 is 14.3 Å². The summed E-state index contributed by atoms with van der Waals surface area (Å²) in [5.41, 5.74) is 8.57. The van der Waals surface area contributed by atoms with Crippen LogP contribution in [-0.2, 0) is 4.84 Å². The largest absolute Gasteiger partial charge is 0.357 e. The first kappa shape index (κ1) is 18.7. The van der Waals surface area contributed by atoms with Gasteiger partial charge in [-0.3, -0.25) is 10.3 Å². The van der Waals surface area contributed by atoms with Crippen LogP contribution >= 0.6 is 0 Å². The molecule has 7 atom stereocenters. The predicted octanol–water partition coefficient (Wildman–Crippen LogP) is 3.66. The zero-order chi connectivity index (χ0) is 18.6. The molecule has 4 rings (SSSR count). The van der Waals surface area contributed by atoms with E-state index in [1.165, 1.54) is 38.5 Å². The van der Waals surface area contributed by atoms with E-state index in [0.29, 0.717) is 36.3 Å². The van der Waals surface area contributed by atoms with Crippen molar-refractivity contribution in [3.63, 3.8) is 0 Å². The SMILES string of the molecule is C[C@@]12CCC[C@H]1[C@@H]1CCC3C=C(NOCCN)C(O)(F)C[C@]3(C)[C@@H]1CC2. The molecule has 5 heteroatoms. The summed E-state index contributed by atoms with van der Waals surface area (Å²) in [7, 11) is 0. The van der Waals surface area contributed by atoms with Gasteiger partial charge >= 0.3 is 0 Å². The number of hydrogen-bond acceptors (Lipinski definition) is 4. The highest BCUT2D eigenvalue weighted by Crippen LogP contribution is 2.66. The Morgan fingerprint density at radius 2 is 2.04 bits per heavy atom. The Balaban J connectivity index is 1.59. The Labute approximate surface area is 156 Å². The summed E-state index contributed by atoms with van der Waals surface area (Å²) in [6, 6.07) is 0. The van der Waals surface area contributed by atoms with E-state index in [-0.39, 0.29) is 17.5 Å². The highest BCUT2D eigenvalue weighted by Gasteiger charge is 2.60. The standard InChI is InChI=1S/C21H35FN2O2/c1-19-8-3-4-16(19)15-6-5-14-12-18(24-26-11-10-23)21(22,25)13-20(14,2)17(15)7-9-19/h12,14-17,24-25H,3-11,13,23H2,1-2H3/t14?,15-,16-,17+,19-,20-,21?/m0/s1. The fraction of sp³-hybridized carbons (Fsp3) is 0.905. The Hall–Kier alpha value is -0.650. The molecule has 0 heterocycles. The van der Waals surface area contributed by atoms with Crippen LogP contribution in [0.5, 0.6) is 0 Å². The van der Waals surface area contributed by atoms with Gasteiger partial charge in [0.05, 0.1) is 12.3 Å². The first-order chi connectivity index (χ1) is 12.3. The van der Waals surface area contributed by atoms with Crippen molar-refractivity contribution >= 4 is 0 Å². The first-order valence-corrected chi connectivity index (χ1v) is 10.5. The van der Waals surface area contributed by atoms with Gasteiger partial charge in [-0.1, -0.05) is 26.3 Å². The fourth-order valence-corrected chi connectivity index (χ4v) is 7.24. The van der Waals surface area contributed by atoms with Crippen molar-refractivity contribution in [2.45, 2.75) is 71.1 Å². The van der Waals surface area contributed by atoms with E-state index < -0.39 is 5.85 Å². The summed E-state index contributed by atoms with van der Waals surface area (Å²) >= 11 is 0. The normalized spacial score (nSPS) is 50.4. The summed E-state index contributed by atoms with van der Waals surface area (Å²) in [6.07, 6.45) is 10.9. The summed E-state index contributed by atoms with van der Waals surface area (Å²) in [4.78, 5) is 5.20. The van der Waals surface area contributed by atoms with E-state index in [2.05, 4.69) is 19.3 Å². The van der Waals surface area contributed by atoms with Crippen molar-refractivity contribution in [2.24, 2.45) is 40.2 Å². The molecule has 0 amide bonds. The molecule has 0 spiro atoms. The van der Waals surface area contributed by atoms with Gasteiger partial charge in [0, 0.05) is 13.0 Å². The van der Waals surface area contributed by atoms with Gasteiger partial charge in [-0.25, -0.2) is 4.39 Å².